The zero-order valence-electron chi connectivity index (χ0n) is 18.0. The molecule has 0 saturated heterocycles. The maximum atomic E-state index is 13.6. The van der Waals surface area contributed by atoms with Crippen molar-refractivity contribution in [1.82, 2.24) is 0 Å². The summed E-state index contributed by atoms with van der Waals surface area (Å²) < 4.78 is 5.86. The van der Waals surface area contributed by atoms with Gasteiger partial charge in [0.05, 0.1) is 22.9 Å². The number of aromatic hydroxyl groups is 1. The van der Waals surface area contributed by atoms with Gasteiger partial charge in [-0.2, -0.15) is 0 Å². The lowest BCUT2D eigenvalue weighted by Crippen LogP contribution is -2.51. The number of carbonyl (C=O) groups excluding carboxylic acids is 2. The van der Waals surface area contributed by atoms with E-state index >= 15 is 0 Å². The van der Waals surface area contributed by atoms with E-state index in [1.54, 1.807) is 0 Å². The molecule has 3 aliphatic rings. The van der Waals surface area contributed by atoms with Crippen LogP contribution < -0.4 is 11.1 Å². The number of phenolic OH excluding ortho intramolecular Hbond substituents is 1. The third-order valence-electron chi connectivity index (χ3n) is 6.13. The number of nitrogens with two attached hydrogens (primary N) is 1. The van der Waals surface area contributed by atoms with E-state index in [-0.39, 0.29) is 39.9 Å². The van der Waals surface area contributed by atoms with Crippen molar-refractivity contribution < 1.29 is 29.6 Å². The van der Waals surface area contributed by atoms with Gasteiger partial charge in [0.1, 0.15) is 17.5 Å². The standard InChI is InChI=1S/C26H20N2O6/c1-13(29)34-26-12-15(6-4-2-3-5-7-20(26)31)28-23-18(26)11-19(30)21-22(23)24(32)16-9-8-14(27)10-17(16)25(21)33/h2-3,8-11,13,15,20,28-31H,12,27H2,1H3/b3-2-/t13-,15-,20+,26-/m0/s1. The second-order valence-electron chi connectivity index (χ2n) is 8.35. The van der Waals surface area contributed by atoms with Crippen molar-refractivity contribution >= 4 is 22.9 Å². The molecule has 8 nitrogen and oxygen atoms in total. The molecule has 170 valence electrons. The smallest absolute Gasteiger partial charge is 0.198 e. The van der Waals surface area contributed by atoms with Gasteiger partial charge in [0, 0.05) is 28.8 Å². The molecule has 0 saturated carbocycles. The van der Waals surface area contributed by atoms with Gasteiger partial charge in [0.25, 0.3) is 0 Å². The first-order valence-corrected chi connectivity index (χ1v) is 10.6. The Morgan fingerprint density at radius 1 is 1.12 bits per heavy atom. The number of ether oxygens (including phenoxy) is 1. The number of aliphatic hydroxyl groups excluding tert-OH is 2. The highest BCUT2D eigenvalue weighted by molar-refractivity contribution is 6.31. The normalized spacial score (nSPS) is 25.7. The van der Waals surface area contributed by atoms with Crippen molar-refractivity contribution in [1.29, 1.82) is 0 Å². The first-order valence-electron chi connectivity index (χ1n) is 10.6. The molecule has 4 atom stereocenters. The maximum Gasteiger partial charge on any atom is 0.198 e. The van der Waals surface area contributed by atoms with Crippen molar-refractivity contribution in [3.63, 3.8) is 0 Å². The molecule has 2 aromatic carbocycles. The minimum atomic E-state index is -1.65. The molecule has 34 heavy (non-hydrogen) atoms. The van der Waals surface area contributed by atoms with Crippen molar-refractivity contribution in [2.45, 2.75) is 37.4 Å². The minimum absolute atomic E-state index is 0.0507. The quantitative estimate of drug-likeness (QED) is 0.169. The fourth-order valence-corrected chi connectivity index (χ4v) is 4.77. The third-order valence-corrected chi connectivity index (χ3v) is 6.13. The predicted octanol–water partition coefficient (Wildman–Crippen LogP) is 1.42. The molecule has 6 N–H and O–H groups in total. The van der Waals surface area contributed by atoms with Gasteiger partial charge in [-0.05, 0) is 43.3 Å². The molecular weight excluding hydrogens is 436 g/mol. The van der Waals surface area contributed by atoms with Crippen LogP contribution in [0.5, 0.6) is 5.75 Å². The highest BCUT2D eigenvalue weighted by atomic mass is 16.6. The topological polar surface area (TPSA) is 142 Å². The maximum absolute atomic E-state index is 13.6. The molecule has 0 aromatic heterocycles. The number of hydrogen-bond donors (Lipinski definition) is 5. The molecular formula is C26H20N2O6. The van der Waals surface area contributed by atoms with Gasteiger partial charge < -0.3 is 31.1 Å². The van der Waals surface area contributed by atoms with Gasteiger partial charge in [-0.1, -0.05) is 23.7 Å². The molecule has 0 radical (unpaired) electrons. The number of nitrogen functional groups attached to an aromatic ring is 1. The number of ketones is 2. The van der Waals surface area contributed by atoms with Crippen LogP contribution in [0.2, 0.25) is 0 Å². The van der Waals surface area contributed by atoms with Crippen LogP contribution in [0.3, 0.4) is 0 Å². The molecule has 5 rings (SSSR count). The number of carbonyl (C=O) groups is 2. The van der Waals surface area contributed by atoms with Gasteiger partial charge in [-0.25, -0.2) is 0 Å². The second-order valence-corrected chi connectivity index (χ2v) is 8.35. The van der Waals surface area contributed by atoms with Crippen LogP contribution >= 0.6 is 0 Å². The average Bonchev–Trinajstić information content (AvgIpc) is 2.78. The molecule has 1 heterocycles. The summed E-state index contributed by atoms with van der Waals surface area (Å²) in [5.41, 5.74) is 4.85. The Morgan fingerprint density at radius 3 is 2.56 bits per heavy atom. The fraction of sp³-hybridized carbons (Fsp3) is 0.231. The lowest BCUT2D eigenvalue weighted by atomic mass is 9.73. The number of fused-ring (bicyclic) bond motifs is 7. The molecule has 0 fully saturated rings. The Bertz CT molecular complexity index is 1420. The van der Waals surface area contributed by atoms with Crippen LogP contribution in [0.25, 0.3) is 0 Å². The summed E-state index contributed by atoms with van der Waals surface area (Å²) in [6, 6.07) is 5.02. The molecule has 8 heteroatoms. The highest BCUT2D eigenvalue weighted by Gasteiger charge is 2.50. The Balaban J connectivity index is 1.83. The van der Waals surface area contributed by atoms with Crippen molar-refractivity contribution in [3.8, 4) is 29.4 Å². The number of phenols is 1. The second kappa shape index (κ2) is 7.75. The SMILES string of the molecule is C[C@@H](O)O[C@]12C[C@H](C#C/C=C\C#C[C@H]1O)Nc1c2cc(O)c2c1C(=O)c1ccc(N)cc1C2=O. The predicted molar refractivity (Wildman–Crippen MR) is 123 cm³/mol. The number of nitrogens with one attached hydrogen (secondary N) is 1. The van der Waals surface area contributed by atoms with E-state index in [2.05, 4.69) is 29.0 Å². The molecule has 2 aromatic rings. The minimum Gasteiger partial charge on any atom is -0.507 e. The number of anilines is 2. The summed E-state index contributed by atoms with van der Waals surface area (Å²) in [6.07, 6.45) is 0.280. The van der Waals surface area contributed by atoms with E-state index in [4.69, 9.17) is 10.5 Å². The zero-order chi connectivity index (χ0) is 24.2. The highest BCUT2D eigenvalue weighted by Crippen LogP contribution is 2.50. The summed E-state index contributed by atoms with van der Waals surface area (Å²) in [4.78, 5) is 27.0. The van der Waals surface area contributed by atoms with Crippen LogP contribution in [0, 0.1) is 23.7 Å². The number of rotatable bonds is 2. The summed E-state index contributed by atoms with van der Waals surface area (Å²) in [5, 5.41) is 35.4. The summed E-state index contributed by atoms with van der Waals surface area (Å²) in [5.74, 6) is 9.68. The molecule has 0 amide bonds. The summed E-state index contributed by atoms with van der Waals surface area (Å²) in [7, 11) is 0. The Hall–Kier alpha value is -4.08. The van der Waals surface area contributed by atoms with Crippen LogP contribution in [-0.4, -0.2) is 45.3 Å². The number of aliphatic hydroxyl groups is 2. The van der Waals surface area contributed by atoms with Gasteiger partial charge in [0.15, 0.2) is 17.9 Å². The number of hydrogen-bond acceptors (Lipinski definition) is 8. The molecule has 2 bridgehead atoms. The van der Waals surface area contributed by atoms with E-state index in [0.717, 1.165) is 0 Å². The van der Waals surface area contributed by atoms with E-state index in [0.29, 0.717) is 5.69 Å². The lowest BCUT2D eigenvalue weighted by molar-refractivity contribution is -0.213. The largest absolute Gasteiger partial charge is 0.507 e. The average molecular weight is 456 g/mol. The molecule has 1 aliphatic heterocycles. The van der Waals surface area contributed by atoms with Crippen LogP contribution in [0.4, 0.5) is 11.4 Å². The number of allylic oxidation sites excluding steroid dienone is 2. The fourth-order valence-electron chi connectivity index (χ4n) is 4.77. The van der Waals surface area contributed by atoms with Crippen molar-refractivity contribution in [2.24, 2.45) is 0 Å². The van der Waals surface area contributed by atoms with Gasteiger partial charge in [0.2, 0.25) is 0 Å². The lowest BCUT2D eigenvalue weighted by Gasteiger charge is -2.44. The van der Waals surface area contributed by atoms with Crippen molar-refractivity contribution in [2.75, 3.05) is 11.1 Å². The van der Waals surface area contributed by atoms with Crippen LogP contribution in [0.1, 0.15) is 50.8 Å². The van der Waals surface area contributed by atoms with E-state index in [1.165, 1.54) is 43.3 Å². The first-order chi connectivity index (χ1) is 16.2. The van der Waals surface area contributed by atoms with Gasteiger partial charge >= 0.3 is 0 Å². The molecule has 0 unspecified atom stereocenters. The van der Waals surface area contributed by atoms with Crippen LogP contribution in [0.15, 0.2) is 36.4 Å². The van der Waals surface area contributed by atoms with Gasteiger partial charge in [-0.15, -0.1) is 0 Å². The first kappa shape index (κ1) is 21.7. The Kier molecular flexibility index (Phi) is 4.96. The monoisotopic (exact) mass is 456 g/mol. The Morgan fingerprint density at radius 2 is 1.82 bits per heavy atom. The zero-order valence-corrected chi connectivity index (χ0v) is 18.0. The summed E-state index contributed by atoms with van der Waals surface area (Å²) in [6.45, 7) is 1.38. The molecule has 0 spiro atoms. The van der Waals surface area contributed by atoms with Crippen molar-refractivity contribution in [3.05, 3.63) is 64.2 Å². The summed E-state index contributed by atoms with van der Waals surface area (Å²) >= 11 is 0. The van der Waals surface area contributed by atoms with Crippen LogP contribution in [-0.2, 0) is 10.3 Å². The third kappa shape index (κ3) is 3.17. The molecule has 2 aliphatic carbocycles. The Labute approximate surface area is 195 Å². The number of benzene rings is 2. The van der Waals surface area contributed by atoms with Gasteiger partial charge in [-0.3, -0.25) is 9.59 Å². The van der Waals surface area contributed by atoms with E-state index in [9.17, 15) is 24.9 Å². The van der Waals surface area contributed by atoms with E-state index in [1.807, 2.05) is 0 Å². The van der Waals surface area contributed by atoms with E-state index < -0.39 is 41.4 Å².